The molecule has 1 aromatic carbocycles. The van der Waals surface area contributed by atoms with Crippen LogP contribution in [0.3, 0.4) is 0 Å². The number of carbonyl (C=O) groups is 1. The van der Waals surface area contributed by atoms with Gasteiger partial charge in [0.2, 0.25) is 5.91 Å². The second-order valence-corrected chi connectivity index (χ2v) is 8.40. The van der Waals surface area contributed by atoms with Crippen LogP contribution in [-0.2, 0) is 11.3 Å². The molecule has 0 bridgehead atoms. The summed E-state index contributed by atoms with van der Waals surface area (Å²) >= 11 is 0. The highest BCUT2D eigenvalue weighted by Gasteiger charge is 2.57. The fourth-order valence-corrected chi connectivity index (χ4v) is 4.90. The number of benzene rings is 1. The Morgan fingerprint density at radius 1 is 1.22 bits per heavy atom. The van der Waals surface area contributed by atoms with Gasteiger partial charge >= 0.3 is 0 Å². The number of nitrogens with one attached hydrogen (secondary N) is 2. The lowest BCUT2D eigenvalue weighted by Gasteiger charge is -2.38. The zero-order valence-electron chi connectivity index (χ0n) is 16.2. The summed E-state index contributed by atoms with van der Waals surface area (Å²) in [5.74, 6) is 0.614. The molecule has 3 atom stereocenters. The third kappa shape index (κ3) is 5.17. The van der Waals surface area contributed by atoms with Crippen LogP contribution in [0.1, 0.15) is 44.6 Å². The number of rotatable bonds is 4. The van der Waals surface area contributed by atoms with Gasteiger partial charge in [-0.05, 0) is 63.1 Å². The summed E-state index contributed by atoms with van der Waals surface area (Å²) in [6, 6.07) is 11.6. The van der Waals surface area contributed by atoms with Crippen LogP contribution in [0.4, 0.5) is 0 Å². The minimum absolute atomic E-state index is 0. The lowest BCUT2D eigenvalue weighted by Crippen LogP contribution is -2.49. The standard InChI is InChI=1S/C21H31N3O.2ClH/c1-16-13-18(7-12-24(16)15-17-5-3-2-4-6-17)23-20(25)19-14-21(19)8-10-22-11-9-21;;/h2-6,16,18-19,22H,7-15H2,1H3,(H,23,25);2*1H. The van der Waals surface area contributed by atoms with Crippen molar-refractivity contribution in [3.63, 3.8) is 0 Å². The van der Waals surface area contributed by atoms with Crippen LogP contribution in [0.25, 0.3) is 0 Å². The Balaban J connectivity index is 0.00000131. The Bertz CT molecular complexity index is 607. The summed E-state index contributed by atoms with van der Waals surface area (Å²) in [7, 11) is 0. The van der Waals surface area contributed by atoms with Crippen molar-refractivity contribution in [1.82, 2.24) is 15.5 Å². The maximum absolute atomic E-state index is 12.7. The maximum atomic E-state index is 12.7. The van der Waals surface area contributed by atoms with Gasteiger partial charge in [-0.25, -0.2) is 0 Å². The molecule has 2 aliphatic heterocycles. The zero-order valence-corrected chi connectivity index (χ0v) is 17.8. The lowest BCUT2D eigenvalue weighted by atomic mass is 9.91. The van der Waals surface area contributed by atoms with Crippen molar-refractivity contribution in [1.29, 1.82) is 0 Å². The molecular formula is C21H33Cl2N3O. The SMILES string of the molecule is CC1CC(NC(=O)C2CC23CCNCC3)CCN1Cc1ccccc1.Cl.Cl. The Morgan fingerprint density at radius 3 is 2.59 bits per heavy atom. The van der Waals surface area contributed by atoms with Gasteiger partial charge in [-0.15, -0.1) is 24.8 Å². The first kappa shape index (κ1) is 22.5. The molecule has 2 saturated heterocycles. The van der Waals surface area contributed by atoms with Crippen molar-refractivity contribution in [2.24, 2.45) is 11.3 Å². The summed E-state index contributed by atoms with van der Waals surface area (Å²) in [5.41, 5.74) is 1.72. The van der Waals surface area contributed by atoms with E-state index in [4.69, 9.17) is 0 Å². The second kappa shape index (κ2) is 9.60. The molecule has 152 valence electrons. The van der Waals surface area contributed by atoms with E-state index in [9.17, 15) is 4.79 Å². The van der Waals surface area contributed by atoms with Gasteiger partial charge in [0.05, 0.1) is 0 Å². The molecule has 4 nitrogen and oxygen atoms in total. The van der Waals surface area contributed by atoms with Crippen LogP contribution < -0.4 is 10.6 Å². The molecule has 2 N–H and O–H groups in total. The van der Waals surface area contributed by atoms with Crippen molar-refractivity contribution in [2.75, 3.05) is 19.6 Å². The topological polar surface area (TPSA) is 44.4 Å². The van der Waals surface area contributed by atoms with E-state index in [0.29, 0.717) is 23.4 Å². The van der Waals surface area contributed by atoms with E-state index >= 15 is 0 Å². The summed E-state index contributed by atoms with van der Waals surface area (Å²) in [4.78, 5) is 15.2. The third-order valence-electron chi connectivity index (χ3n) is 6.69. The Labute approximate surface area is 175 Å². The number of amides is 1. The molecule has 1 spiro atoms. The van der Waals surface area contributed by atoms with Crippen LogP contribution in [0, 0.1) is 11.3 Å². The molecule has 6 heteroatoms. The van der Waals surface area contributed by atoms with Crippen LogP contribution in [0.5, 0.6) is 0 Å². The van der Waals surface area contributed by atoms with Crippen molar-refractivity contribution < 1.29 is 4.79 Å². The summed E-state index contributed by atoms with van der Waals surface area (Å²) in [6.07, 6.45) is 5.61. The zero-order chi connectivity index (χ0) is 17.3. The molecule has 3 fully saturated rings. The normalized spacial score (nSPS) is 29.3. The average Bonchev–Trinajstić information content (AvgIpc) is 3.32. The number of nitrogens with zero attached hydrogens (tertiary/aromatic N) is 1. The average molecular weight is 414 g/mol. The smallest absolute Gasteiger partial charge is 0.223 e. The quantitative estimate of drug-likeness (QED) is 0.794. The van der Waals surface area contributed by atoms with E-state index in [-0.39, 0.29) is 30.7 Å². The van der Waals surface area contributed by atoms with Gasteiger partial charge in [0.1, 0.15) is 0 Å². The van der Waals surface area contributed by atoms with Crippen LogP contribution >= 0.6 is 24.8 Å². The van der Waals surface area contributed by atoms with E-state index in [1.54, 1.807) is 0 Å². The lowest BCUT2D eigenvalue weighted by molar-refractivity contribution is -0.124. The minimum atomic E-state index is 0. The van der Waals surface area contributed by atoms with E-state index in [1.165, 1.54) is 18.4 Å². The first-order valence-electron chi connectivity index (χ1n) is 9.95. The van der Waals surface area contributed by atoms with Gasteiger partial charge in [0.25, 0.3) is 0 Å². The molecule has 0 aromatic heterocycles. The van der Waals surface area contributed by atoms with Crippen molar-refractivity contribution in [2.45, 2.75) is 57.7 Å². The minimum Gasteiger partial charge on any atom is -0.353 e. The largest absolute Gasteiger partial charge is 0.353 e. The number of carbonyl (C=O) groups excluding carboxylic acids is 1. The summed E-state index contributed by atoms with van der Waals surface area (Å²) in [5, 5.41) is 6.80. The monoisotopic (exact) mass is 413 g/mol. The predicted octanol–water partition coefficient (Wildman–Crippen LogP) is 3.39. The molecule has 1 aliphatic carbocycles. The van der Waals surface area contributed by atoms with E-state index in [2.05, 4.69) is 52.8 Å². The number of hydrogen-bond acceptors (Lipinski definition) is 3. The van der Waals surface area contributed by atoms with Crippen LogP contribution in [0.15, 0.2) is 30.3 Å². The molecule has 1 saturated carbocycles. The number of hydrogen-bond donors (Lipinski definition) is 2. The van der Waals surface area contributed by atoms with E-state index in [0.717, 1.165) is 45.4 Å². The van der Waals surface area contributed by atoms with Gasteiger partial charge in [-0.3, -0.25) is 9.69 Å². The van der Waals surface area contributed by atoms with Gasteiger partial charge < -0.3 is 10.6 Å². The number of likely N-dealkylation sites (tertiary alicyclic amines) is 1. The molecule has 27 heavy (non-hydrogen) atoms. The molecule has 1 aromatic rings. The molecule has 4 rings (SSSR count). The van der Waals surface area contributed by atoms with Gasteiger partial charge in [0.15, 0.2) is 0 Å². The highest BCUT2D eigenvalue weighted by molar-refractivity contribution is 5.85. The molecule has 0 radical (unpaired) electrons. The molecule has 1 amide bonds. The van der Waals surface area contributed by atoms with Crippen molar-refractivity contribution in [3.8, 4) is 0 Å². The maximum Gasteiger partial charge on any atom is 0.223 e. The number of piperidine rings is 2. The van der Waals surface area contributed by atoms with Crippen molar-refractivity contribution >= 4 is 30.7 Å². The van der Waals surface area contributed by atoms with Crippen LogP contribution in [-0.4, -0.2) is 42.5 Å². The first-order chi connectivity index (χ1) is 12.2. The summed E-state index contributed by atoms with van der Waals surface area (Å²) < 4.78 is 0. The summed E-state index contributed by atoms with van der Waals surface area (Å²) in [6.45, 7) is 6.55. The Morgan fingerprint density at radius 2 is 1.93 bits per heavy atom. The van der Waals surface area contributed by atoms with Crippen LogP contribution in [0.2, 0.25) is 0 Å². The third-order valence-corrected chi connectivity index (χ3v) is 6.69. The Hall–Kier alpha value is -0.810. The molecular weight excluding hydrogens is 381 g/mol. The van der Waals surface area contributed by atoms with E-state index < -0.39 is 0 Å². The van der Waals surface area contributed by atoms with Gasteiger partial charge in [-0.2, -0.15) is 0 Å². The fraction of sp³-hybridized carbons (Fsp3) is 0.667. The molecule has 2 heterocycles. The number of halogens is 2. The molecule has 3 aliphatic rings. The van der Waals surface area contributed by atoms with Gasteiger partial charge in [0, 0.05) is 31.1 Å². The van der Waals surface area contributed by atoms with Gasteiger partial charge in [-0.1, -0.05) is 30.3 Å². The van der Waals surface area contributed by atoms with E-state index in [1.807, 2.05) is 0 Å². The fourth-order valence-electron chi connectivity index (χ4n) is 4.90. The Kier molecular flexibility index (Phi) is 7.99. The highest BCUT2D eigenvalue weighted by Crippen LogP contribution is 2.58. The molecule has 3 unspecified atom stereocenters. The highest BCUT2D eigenvalue weighted by atomic mass is 35.5. The first-order valence-corrected chi connectivity index (χ1v) is 9.95. The predicted molar refractivity (Wildman–Crippen MR) is 115 cm³/mol. The van der Waals surface area contributed by atoms with Crippen molar-refractivity contribution in [3.05, 3.63) is 35.9 Å². The second-order valence-electron chi connectivity index (χ2n) is 8.40.